The van der Waals surface area contributed by atoms with Crippen molar-refractivity contribution in [1.82, 2.24) is 9.88 Å². The quantitative estimate of drug-likeness (QED) is 0.675. The summed E-state index contributed by atoms with van der Waals surface area (Å²) < 4.78 is 4.90. The van der Waals surface area contributed by atoms with Gasteiger partial charge in [0.15, 0.2) is 0 Å². The Balaban J connectivity index is 2.95. The molecule has 0 fully saturated rings. The molecule has 4 nitrogen and oxygen atoms in total. The predicted octanol–water partition coefficient (Wildman–Crippen LogP) is 0.792. The highest BCUT2D eigenvalue weighted by Crippen LogP contribution is 2.07. The lowest BCUT2D eigenvalue weighted by molar-refractivity contribution is 0.0821. The molecule has 0 saturated carbocycles. The zero-order chi connectivity index (χ0) is 9.84. The van der Waals surface area contributed by atoms with Gasteiger partial charge >= 0.3 is 0 Å². The Morgan fingerprint density at radius 3 is 2.69 bits per heavy atom. The number of amides is 1. The third-order valence-electron chi connectivity index (χ3n) is 1.56. The van der Waals surface area contributed by atoms with Crippen molar-refractivity contribution in [2.24, 2.45) is 0 Å². The highest BCUT2D eigenvalue weighted by Gasteiger charge is 2.09. The monoisotopic (exact) mass is 180 g/mol. The van der Waals surface area contributed by atoms with Crippen LogP contribution in [0.2, 0.25) is 0 Å². The molecule has 0 atom stereocenters. The summed E-state index contributed by atoms with van der Waals surface area (Å²) >= 11 is 0. The lowest BCUT2D eigenvalue weighted by Crippen LogP contribution is -2.22. The van der Waals surface area contributed by atoms with Crippen LogP contribution in [0.3, 0.4) is 0 Å². The molecule has 1 aromatic rings. The average molecular weight is 180 g/mol. The first kappa shape index (κ1) is 9.51. The number of carbonyl (C=O) groups excluding carboxylic acids is 1. The molecular formula is C9H12N2O2. The fourth-order valence-corrected chi connectivity index (χ4v) is 0.877. The van der Waals surface area contributed by atoms with Crippen LogP contribution >= 0.6 is 0 Å². The van der Waals surface area contributed by atoms with E-state index >= 15 is 0 Å². The number of methoxy groups -OCH3 is 1. The third kappa shape index (κ3) is 2.18. The highest BCUT2D eigenvalue weighted by molar-refractivity contribution is 5.91. The number of hydrogen-bond donors (Lipinski definition) is 0. The van der Waals surface area contributed by atoms with E-state index in [1.807, 2.05) is 0 Å². The van der Waals surface area contributed by atoms with E-state index in [9.17, 15) is 4.79 Å². The van der Waals surface area contributed by atoms with E-state index in [1.54, 1.807) is 32.3 Å². The van der Waals surface area contributed by atoms with Crippen LogP contribution in [0.5, 0.6) is 5.88 Å². The van der Waals surface area contributed by atoms with E-state index in [0.29, 0.717) is 11.6 Å². The molecule has 1 rings (SSSR count). The number of rotatable bonds is 2. The van der Waals surface area contributed by atoms with Crippen molar-refractivity contribution < 1.29 is 9.53 Å². The van der Waals surface area contributed by atoms with Crippen molar-refractivity contribution in [2.75, 3.05) is 21.2 Å². The van der Waals surface area contributed by atoms with Gasteiger partial charge in [0.1, 0.15) is 5.69 Å². The van der Waals surface area contributed by atoms with E-state index in [-0.39, 0.29) is 5.91 Å². The molecule has 1 aromatic heterocycles. The smallest absolute Gasteiger partial charge is 0.272 e. The number of aromatic nitrogens is 1. The van der Waals surface area contributed by atoms with Gasteiger partial charge < -0.3 is 9.64 Å². The van der Waals surface area contributed by atoms with Crippen molar-refractivity contribution in [3.05, 3.63) is 23.9 Å². The zero-order valence-corrected chi connectivity index (χ0v) is 7.94. The maximum atomic E-state index is 11.4. The molecule has 0 radical (unpaired) electrons. The normalized spacial score (nSPS) is 9.46. The van der Waals surface area contributed by atoms with Gasteiger partial charge in [0.05, 0.1) is 7.11 Å². The van der Waals surface area contributed by atoms with Crippen LogP contribution < -0.4 is 4.74 Å². The fraction of sp³-hybridized carbons (Fsp3) is 0.333. The van der Waals surface area contributed by atoms with E-state index in [0.717, 1.165) is 0 Å². The molecule has 13 heavy (non-hydrogen) atoms. The van der Waals surface area contributed by atoms with Crippen molar-refractivity contribution in [2.45, 2.75) is 0 Å². The molecule has 0 saturated heterocycles. The number of ether oxygens (including phenoxy) is 1. The first-order chi connectivity index (χ1) is 6.15. The van der Waals surface area contributed by atoms with Gasteiger partial charge in [-0.1, -0.05) is 6.07 Å². The molecule has 70 valence electrons. The first-order valence-electron chi connectivity index (χ1n) is 3.88. The molecule has 0 aromatic carbocycles. The van der Waals surface area contributed by atoms with Gasteiger partial charge in [0.2, 0.25) is 5.88 Å². The number of carbonyl (C=O) groups is 1. The Labute approximate surface area is 77.1 Å². The van der Waals surface area contributed by atoms with Crippen LogP contribution in [-0.2, 0) is 0 Å². The molecule has 0 aliphatic carbocycles. The van der Waals surface area contributed by atoms with E-state index in [2.05, 4.69) is 4.98 Å². The maximum Gasteiger partial charge on any atom is 0.272 e. The zero-order valence-electron chi connectivity index (χ0n) is 7.94. The highest BCUT2D eigenvalue weighted by atomic mass is 16.5. The van der Waals surface area contributed by atoms with Crippen LogP contribution in [0.1, 0.15) is 10.5 Å². The van der Waals surface area contributed by atoms with Crippen molar-refractivity contribution in [1.29, 1.82) is 0 Å². The molecule has 0 spiro atoms. The second-order valence-corrected chi connectivity index (χ2v) is 2.76. The second kappa shape index (κ2) is 3.89. The Bertz CT molecular complexity index is 310. The second-order valence-electron chi connectivity index (χ2n) is 2.76. The van der Waals surface area contributed by atoms with Gasteiger partial charge in [0, 0.05) is 20.2 Å². The van der Waals surface area contributed by atoms with Gasteiger partial charge in [-0.25, -0.2) is 4.98 Å². The summed E-state index contributed by atoms with van der Waals surface area (Å²) in [5.74, 6) is 0.326. The molecule has 0 aliphatic rings. The number of nitrogens with zero attached hydrogens (tertiary/aromatic N) is 2. The average Bonchev–Trinajstić information content (AvgIpc) is 2.16. The van der Waals surface area contributed by atoms with Crippen LogP contribution in [0.25, 0.3) is 0 Å². The topological polar surface area (TPSA) is 42.4 Å². The minimum absolute atomic E-state index is 0.126. The minimum Gasteiger partial charge on any atom is -0.481 e. The lowest BCUT2D eigenvalue weighted by Gasteiger charge is -2.09. The van der Waals surface area contributed by atoms with Gasteiger partial charge in [-0.05, 0) is 6.07 Å². The molecule has 0 unspecified atom stereocenters. The Morgan fingerprint density at radius 1 is 1.46 bits per heavy atom. The summed E-state index contributed by atoms with van der Waals surface area (Å²) in [7, 11) is 4.89. The summed E-state index contributed by atoms with van der Waals surface area (Å²) in [5.41, 5.74) is 0.393. The van der Waals surface area contributed by atoms with Crippen molar-refractivity contribution >= 4 is 5.91 Å². The van der Waals surface area contributed by atoms with Gasteiger partial charge in [-0.3, -0.25) is 4.79 Å². The summed E-state index contributed by atoms with van der Waals surface area (Å²) in [4.78, 5) is 16.9. The standard InChI is InChI=1S/C9H12N2O2/c1-11(2)9(12)7-5-4-6-8(10-7)13-3/h4-6H,1-3H3. The van der Waals surface area contributed by atoms with Crippen LogP contribution in [0.15, 0.2) is 18.2 Å². The summed E-state index contributed by atoms with van der Waals surface area (Å²) in [6.45, 7) is 0. The first-order valence-corrected chi connectivity index (χ1v) is 3.88. The summed E-state index contributed by atoms with van der Waals surface area (Å²) in [6.07, 6.45) is 0. The lowest BCUT2D eigenvalue weighted by atomic mass is 10.3. The van der Waals surface area contributed by atoms with Gasteiger partial charge in [-0.15, -0.1) is 0 Å². The molecular weight excluding hydrogens is 168 g/mol. The predicted molar refractivity (Wildman–Crippen MR) is 48.8 cm³/mol. The number of hydrogen-bond acceptors (Lipinski definition) is 3. The Hall–Kier alpha value is -1.58. The van der Waals surface area contributed by atoms with Crippen LogP contribution in [0.4, 0.5) is 0 Å². The molecule has 0 bridgehead atoms. The maximum absolute atomic E-state index is 11.4. The van der Waals surface area contributed by atoms with Crippen LogP contribution in [0, 0.1) is 0 Å². The van der Waals surface area contributed by atoms with Crippen LogP contribution in [-0.4, -0.2) is 37.0 Å². The van der Waals surface area contributed by atoms with E-state index in [1.165, 1.54) is 12.0 Å². The Morgan fingerprint density at radius 2 is 2.15 bits per heavy atom. The molecule has 4 heteroatoms. The van der Waals surface area contributed by atoms with E-state index in [4.69, 9.17) is 4.74 Å². The van der Waals surface area contributed by atoms with Crippen molar-refractivity contribution in [3.63, 3.8) is 0 Å². The molecule has 1 heterocycles. The van der Waals surface area contributed by atoms with Crippen molar-refractivity contribution in [3.8, 4) is 5.88 Å². The van der Waals surface area contributed by atoms with E-state index < -0.39 is 0 Å². The third-order valence-corrected chi connectivity index (χ3v) is 1.56. The SMILES string of the molecule is COc1cccc(C(=O)N(C)C)n1. The number of pyridine rings is 1. The fourth-order valence-electron chi connectivity index (χ4n) is 0.877. The Kier molecular flexibility index (Phi) is 2.84. The van der Waals surface area contributed by atoms with Gasteiger partial charge in [-0.2, -0.15) is 0 Å². The molecule has 0 aliphatic heterocycles. The molecule has 0 N–H and O–H groups in total. The summed E-state index contributed by atoms with van der Waals surface area (Å²) in [6, 6.07) is 5.10. The molecule has 1 amide bonds. The minimum atomic E-state index is -0.126. The summed E-state index contributed by atoms with van der Waals surface area (Å²) in [5, 5.41) is 0. The largest absolute Gasteiger partial charge is 0.481 e. The van der Waals surface area contributed by atoms with Gasteiger partial charge in [0.25, 0.3) is 5.91 Å².